The van der Waals surface area contributed by atoms with Gasteiger partial charge in [-0.3, -0.25) is 10.4 Å². The van der Waals surface area contributed by atoms with Crippen LogP contribution in [0.2, 0.25) is 0 Å². The molecule has 3 N–H and O–H groups in total. The molecule has 0 spiro atoms. The summed E-state index contributed by atoms with van der Waals surface area (Å²) in [6.07, 6.45) is 2.77. The Balaban J connectivity index is 2.54. The Labute approximate surface area is 60.2 Å². The molecule has 1 aliphatic rings. The molecule has 1 aliphatic heterocycles. The van der Waals surface area contributed by atoms with E-state index in [1.54, 1.807) is 6.21 Å². The smallest absolute Gasteiger partial charge is 0.131 e. The van der Waals surface area contributed by atoms with E-state index in [9.17, 15) is 0 Å². The predicted molar refractivity (Wildman–Crippen MR) is 42.2 cm³/mol. The summed E-state index contributed by atoms with van der Waals surface area (Å²) in [7, 11) is 0. The first kappa shape index (κ1) is 7.21. The lowest BCUT2D eigenvalue weighted by Crippen LogP contribution is -2.32. The molecule has 0 aromatic heterocycles. The summed E-state index contributed by atoms with van der Waals surface area (Å²) < 4.78 is 0. The largest absolute Gasteiger partial charge is 0.324 e. The maximum atomic E-state index is 5.35. The second-order valence-corrected chi connectivity index (χ2v) is 2.15. The van der Waals surface area contributed by atoms with Crippen LogP contribution in [0.25, 0.3) is 0 Å². The summed E-state index contributed by atoms with van der Waals surface area (Å²) in [4.78, 5) is 4.25. The van der Waals surface area contributed by atoms with Crippen LogP contribution in [0.3, 0.4) is 0 Å². The number of nitrogens with zero attached hydrogens (tertiary/aromatic N) is 2. The Morgan fingerprint density at radius 3 is 3.20 bits per heavy atom. The first-order valence-corrected chi connectivity index (χ1v) is 3.42. The van der Waals surface area contributed by atoms with Crippen LogP contribution >= 0.6 is 0 Å². The van der Waals surface area contributed by atoms with Gasteiger partial charge in [-0.2, -0.15) is 5.10 Å². The van der Waals surface area contributed by atoms with Crippen LogP contribution in [0, 0.1) is 0 Å². The molecule has 1 unspecified atom stereocenters. The van der Waals surface area contributed by atoms with Crippen LogP contribution in [-0.4, -0.2) is 24.6 Å². The van der Waals surface area contributed by atoms with Gasteiger partial charge in [0.05, 0.1) is 12.6 Å². The summed E-state index contributed by atoms with van der Waals surface area (Å²) >= 11 is 0. The molecule has 56 valence electrons. The molecule has 4 heteroatoms. The SMILES string of the molecule is CCC1C=NNC(CN)=N1. The fourth-order valence-electron chi connectivity index (χ4n) is 0.755. The Kier molecular flexibility index (Phi) is 2.39. The molecule has 0 bridgehead atoms. The van der Waals surface area contributed by atoms with Gasteiger partial charge in [0.2, 0.25) is 0 Å². The minimum Gasteiger partial charge on any atom is -0.324 e. The molecule has 0 radical (unpaired) electrons. The van der Waals surface area contributed by atoms with Crippen molar-refractivity contribution in [3.63, 3.8) is 0 Å². The highest BCUT2D eigenvalue weighted by Gasteiger charge is 2.05. The molecule has 10 heavy (non-hydrogen) atoms. The third-order valence-electron chi connectivity index (χ3n) is 1.37. The lowest BCUT2D eigenvalue weighted by Gasteiger charge is -2.12. The van der Waals surface area contributed by atoms with E-state index in [-0.39, 0.29) is 6.04 Å². The summed E-state index contributed by atoms with van der Waals surface area (Å²) in [5.41, 5.74) is 8.08. The van der Waals surface area contributed by atoms with Gasteiger partial charge in [0.1, 0.15) is 5.84 Å². The van der Waals surface area contributed by atoms with Gasteiger partial charge in [-0.05, 0) is 6.42 Å². The Morgan fingerprint density at radius 1 is 1.80 bits per heavy atom. The molecule has 0 aromatic carbocycles. The molecule has 0 saturated heterocycles. The van der Waals surface area contributed by atoms with Gasteiger partial charge in [-0.15, -0.1) is 0 Å². The monoisotopic (exact) mass is 140 g/mol. The van der Waals surface area contributed by atoms with E-state index in [0.717, 1.165) is 12.3 Å². The minimum absolute atomic E-state index is 0.222. The average Bonchev–Trinajstić information content (AvgIpc) is 2.05. The zero-order valence-corrected chi connectivity index (χ0v) is 6.04. The average molecular weight is 140 g/mol. The molecule has 4 nitrogen and oxygen atoms in total. The van der Waals surface area contributed by atoms with E-state index < -0.39 is 0 Å². The Morgan fingerprint density at radius 2 is 2.60 bits per heavy atom. The lowest BCUT2D eigenvalue weighted by molar-refractivity contribution is 0.785. The lowest BCUT2D eigenvalue weighted by atomic mass is 10.2. The zero-order chi connectivity index (χ0) is 7.40. The van der Waals surface area contributed by atoms with Gasteiger partial charge < -0.3 is 5.73 Å². The maximum Gasteiger partial charge on any atom is 0.131 e. The number of hydrazone groups is 1. The van der Waals surface area contributed by atoms with Crippen molar-refractivity contribution in [3.8, 4) is 0 Å². The third-order valence-corrected chi connectivity index (χ3v) is 1.37. The normalized spacial score (nSPS) is 23.8. The van der Waals surface area contributed by atoms with Gasteiger partial charge in [0.25, 0.3) is 0 Å². The summed E-state index contributed by atoms with van der Waals surface area (Å²) in [5, 5.41) is 3.90. The fourth-order valence-corrected chi connectivity index (χ4v) is 0.755. The highest BCUT2D eigenvalue weighted by molar-refractivity contribution is 5.88. The highest BCUT2D eigenvalue weighted by Crippen LogP contribution is 1.96. The molecule has 0 aromatic rings. The number of amidine groups is 1. The standard InChI is InChI=1S/C6H12N4/c1-2-5-4-8-10-6(3-7)9-5/h4-5H,2-3,7H2,1H3,(H,9,10). The number of rotatable bonds is 2. The van der Waals surface area contributed by atoms with Crippen molar-refractivity contribution in [2.75, 3.05) is 6.54 Å². The number of hydrogen-bond donors (Lipinski definition) is 2. The van der Waals surface area contributed by atoms with Crippen LogP contribution in [0.15, 0.2) is 10.1 Å². The van der Waals surface area contributed by atoms with Crippen LogP contribution in [0.4, 0.5) is 0 Å². The van der Waals surface area contributed by atoms with E-state index in [1.165, 1.54) is 0 Å². The quantitative estimate of drug-likeness (QED) is 0.553. The highest BCUT2D eigenvalue weighted by atomic mass is 15.3. The molecule has 1 atom stereocenters. The molecular weight excluding hydrogens is 128 g/mol. The number of nitrogens with two attached hydrogens (primary N) is 1. The van der Waals surface area contributed by atoms with Gasteiger partial charge in [-0.1, -0.05) is 6.92 Å². The molecule has 0 aliphatic carbocycles. The fraction of sp³-hybridized carbons (Fsp3) is 0.667. The Bertz CT molecular complexity index is 161. The molecule has 0 amide bonds. The van der Waals surface area contributed by atoms with Crippen LogP contribution in [0.1, 0.15) is 13.3 Å². The molecule has 0 saturated carbocycles. The molecular formula is C6H12N4. The minimum atomic E-state index is 0.222. The van der Waals surface area contributed by atoms with Gasteiger partial charge in [0.15, 0.2) is 0 Å². The van der Waals surface area contributed by atoms with E-state index in [4.69, 9.17) is 5.73 Å². The topological polar surface area (TPSA) is 62.8 Å². The van der Waals surface area contributed by atoms with E-state index in [0.29, 0.717) is 6.54 Å². The maximum absolute atomic E-state index is 5.35. The summed E-state index contributed by atoms with van der Waals surface area (Å²) in [5.74, 6) is 0.773. The number of hydrogen-bond acceptors (Lipinski definition) is 4. The van der Waals surface area contributed by atoms with Gasteiger partial charge >= 0.3 is 0 Å². The predicted octanol–water partition coefficient (Wildman–Crippen LogP) is -0.289. The van der Waals surface area contributed by atoms with Gasteiger partial charge in [-0.25, -0.2) is 0 Å². The van der Waals surface area contributed by atoms with Crippen molar-refractivity contribution in [1.82, 2.24) is 5.43 Å². The summed E-state index contributed by atoms with van der Waals surface area (Å²) in [6.45, 7) is 2.51. The second kappa shape index (κ2) is 3.31. The molecule has 1 rings (SSSR count). The van der Waals surface area contributed by atoms with Crippen molar-refractivity contribution in [2.45, 2.75) is 19.4 Å². The molecule has 0 fully saturated rings. The van der Waals surface area contributed by atoms with Crippen molar-refractivity contribution >= 4 is 12.1 Å². The van der Waals surface area contributed by atoms with Crippen molar-refractivity contribution in [2.24, 2.45) is 15.8 Å². The zero-order valence-electron chi connectivity index (χ0n) is 6.04. The van der Waals surface area contributed by atoms with Crippen molar-refractivity contribution in [1.29, 1.82) is 0 Å². The van der Waals surface area contributed by atoms with Crippen LogP contribution < -0.4 is 11.2 Å². The molecule has 1 heterocycles. The first-order valence-electron chi connectivity index (χ1n) is 3.42. The van der Waals surface area contributed by atoms with E-state index in [2.05, 4.69) is 22.4 Å². The van der Waals surface area contributed by atoms with Crippen molar-refractivity contribution < 1.29 is 0 Å². The third kappa shape index (κ3) is 1.54. The van der Waals surface area contributed by atoms with Crippen LogP contribution in [-0.2, 0) is 0 Å². The van der Waals surface area contributed by atoms with E-state index in [1.807, 2.05) is 0 Å². The Hall–Kier alpha value is -0.900. The number of aliphatic imine (C=N–C) groups is 1. The second-order valence-electron chi connectivity index (χ2n) is 2.15. The van der Waals surface area contributed by atoms with E-state index >= 15 is 0 Å². The number of nitrogens with one attached hydrogen (secondary N) is 1. The first-order chi connectivity index (χ1) is 4.86. The summed E-state index contributed by atoms with van der Waals surface area (Å²) in [6, 6.07) is 0.222. The van der Waals surface area contributed by atoms with Crippen molar-refractivity contribution in [3.05, 3.63) is 0 Å². The van der Waals surface area contributed by atoms with Gasteiger partial charge in [0, 0.05) is 6.21 Å². The van der Waals surface area contributed by atoms with Crippen LogP contribution in [0.5, 0.6) is 0 Å².